The van der Waals surface area contributed by atoms with Crippen LogP contribution in [0.3, 0.4) is 0 Å². The smallest absolute Gasteiger partial charge is 0.273 e. The lowest BCUT2D eigenvalue weighted by Gasteiger charge is -2.24. The second-order valence-electron chi connectivity index (χ2n) is 5.67. The van der Waals surface area contributed by atoms with Crippen molar-refractivity contribution >= 4 is 23.2 Å². The van der Waals surface area contributed by atoms with Gasteiger partial charge in [-0.25, -0.2) is 9.97 Å². The highest BCUT2D eigenvalue weighted by Crippen LogP contribution is 2.19. The summed E-state index contributed by atoms with van der Waals surface area (Å²) in [6.45, 7) is 2.72. The zero-order valence-electron chi connectivity index (χ0n) is 14.7. The van der Waals surface area contributed by atoms with Gasteiger partial charge in [0.15, 0.2) is 17.2 Å². The predicted octanol–water partition coefficient (Wildman–Crippen LogP) is -0.358. The van der Waals surface area contributed by atoms with Crippen LogP contribution in [0, 0.1) is 11.3 Å². The highest BCUT2D eigenvalue weighted by atomic mass is 16.5. The summed E-state index contributed by atoms with van der Waals surface area (Å²) in [5.41, 5.74) is 0.908. The number of carbonyl (C=O) groups is 1. The number of ether oxygens (including phenoxy) is 1. The van der Waals surface area contributed by atoms with Gasteiger partial charge in [0, 0.05) is 32.7 Å². The quantitative estimate of drug-likeness (QED) is 0.531. The van der Waals surface area contributed by atoms with Crippen LogP contribution >= 0.6 is 0 Å². The molecule has 0 aromatic carbocycles. The van der Waals surface area contributed by atoms with Crippen molar-refractivity contribution in [2.24, 2.45) is 0 Å². The summed E-state index contributed by atoms with van der Waals surface area (Å²) >= 11 is 0. The van der Waals surface area contributed by atoms with E-state index in [1.165, 1.54) is 19.4 Å². The predicted molar refractivity (Wildman–Crippen MR) is 96.6 cm³/mol. The van der Waals surface area contributed by atoms with Crippen LogP contribution in [0.5, 0.6) is 0 Å². The molecule has 1 saturated heterocycles. The Morgan fingerprint density at radius 2 is 2.26 bits per heavy atom. The minimum atomic E-state index is -0.350. The number of rotatable bonds is 6. The van der Waals surface area contributed by atoms with Crippen molar-refractivity contribution < 1.29 is 9.53 Å². The van der Waals surface area contributed by atoms with Crippen LogP contribution in [0.2, 0.25) is 0 Å². The molecular weight excluding hydrogens is 350 g/mol. The van der Waals surface area contributed by atoms with Crippen molar-refractivity contribution in [2.45, 2.75) is 6.10 Å². The molecule has 2 aromatic heterocycles. The second-order valence-corrected chi connectivity index (χ2v) is 5.67. The van der Waals surface area contributed by atoms with E-state index >= 15 is 0 Å². The highest BCUT2D eigenvalue weighted by molar-refractivity contribution is 5.97. The van der Waals surface area contributed by atoms with Crippen molar-refractivity contribution in [3.8, 4) is 6.07 Å². The monoisotopic (exact) mass is 369 g/mol. The fourth-order valence-electron chi connectivity index (χ4n) is 2.43. The van der Waals surface area contributed by atoms with Gasteiger partial charge in [0.1, 0.15) is 11.9 Å². The fourth-order valence-corrected chi connectivity index (χ4v) is 2.43. The van der Waals surface area contributed by atoms with Gasteiger partial charge in [-0.3, -0.25) is 4.79 Å². The van der Waals surface area contributed by atoms with Gasteiger partial charge in [-0.15, -0.1) is 10.2 Å². The first-order valence-electron chi connectivity index (χ1n) is 8.34. The van der Waals surface area contributed by atoms with E-state index in [0.717, 1.165) is 13.1 Å². The number of hydrogen-bond donors (Lipinski definition) is 4. The lowest BCUT2D eigenvalue weighted by molar-refractivity contribution is 0.0372. The topological polar surface area (TPSA) is 150 Å². The number of nitriles is 1. The van der Waals surface area contributed by atoms with Gasteiger partial charge in [-0.05, 0) is 0 Å². The molecule has 0 aliphatic carbocycles. The summed E-state index contributed by atoms with van der Waals surface area (Å²) in [6.07, 6.45) is 2.76. The van der Waals surface area contributed by atoms with E-state index in [2.05, 4.69) is 41.4 Å². The molecule has 0 unspecified atom stereocenters. The molecule has 11 heteroatoms. The standard InChI is InChI=1S/C16H19N9O2/c1-18-16(26)15-12(21-8-11-7-19-2-3-27-11)4-13(24-25-15)23-14-9-20-10(5-17)6-22-14/h4,6,9,11,19H,2-3,7-8H2,1H3,(H,18,26)(H2,21,22,23,24)/t11-/m0/s1. The third-order valence-corrected chi connectivity index (χ3v) is 3.78. The van der Waals surface area contributed by atoms with Crippen LogP contribution in [0.15, 0.2) is 18.5 Å². The SMILES string of the molecule is CNC(=O)c1nnc(Nc2cnc(C#N)cn2)cc1NC[C@@H]1CNCCO1. The van der Waals surface area contributed by atoms with Gasteiger partial charge in [0.2, 0.25) is 0 Å². The number of anilines is 3. The summed E-state index contributed by atoms with van der Waals surface area (Å²) < 4.78 is 5.65. The number of nitrogens with zero attached hydrogens (tertiary/aromatic N) is 5. The van der Waals surface area contributed by atoms with Crippen LogP contribution in [0.4, 0.5) is 17.3 Å². The molecule has 4 N–H and O–H groups in total. The molecule has 0 spiro atoms. The third kappa shape index (κ3) is 4.84. The lowest BCUT2D eigenvalue weighted by atomic mass is 10.2. The van der Waals surface area contributed by atoms with Crippen LogP contribution in [-0.2, 0) is 4.74 Å². The van der Waals surface area contributed by atoms with Gasteiger partial charge < -0.3 is 26.0 Å². The number of carbonyl (C=O) groups excluding carboxylic acids is 1. The van der Waals surface area contributed by atoms with Crippen molar-refractivity contribution in [1.29, 1.82) is 5.26 Å². The summed E-state index contributed by atoms with van der Waals surface area (Å²) in [5.74, 6) is 0.436. The normalized spacial score (nSPS) is 16.2. The molecule has 27 heavy (non-hydrogen) atoms. The zero-order valence-corrected chi connectivity index (χ0v) is 14.7. The third-order valence-electron chi connectivity index (χ3n) is 3.78. The molecule has 1 aliphatic heterocycles. The van der Waals surface area contributed by atoms with Gasteiger partial charge >= 0.3 is 0 Å². The Bertz CT molecular complexity index is 829. The Morgan fingerprint density at radius 3 is 2.93 bits per heavy atom. The number of morpholine rings is 1. The Kier molecular flexibility index (Phi) is 6.03. The number of amides is 1. The Balaban J connectivity index is 1.76. The minimum Gasteiger partial charge on any atom is -0.380 e. The highest BCUT2D eigenvalue weighted by Gasteiger charge is 2.18. The van der Waals surface area contributed by atoms with E-state index in [4.69, 9.17) is 10.00 Å². The van der Waals surface area contributed by atoms with Crippen LogP contribution in [0.1, 0.15) is 16.2 Å². The number of aromatic nitrogens is 4. The van der Waals surface area contributed by atoms with E-state index < -0.39 is 0 Å². The van der Waals surface area contributed by atoms with Crippen LogP contribution < -0.4 is 21.3 Å². The fraction of sp³-hybridized carbons (Fsp3) is 0.375. The first kappa shape index (κ1) is 18.4. The summed E-state index contributed by atoms with van der Waals surface area (Å²) in [7, 11) is 1.53. The average Bonchev–Trinajstić information content (AvgIpc) is 2.73. The number of hydrogen-bond acceptors (Lipinski definition) is 10. The first-order valence-corrected chi connectivity index (χ1v) is 8.34. The van der Waals surface area contributed by atoms with Gasteiger partial charge in [0.25, 0.3) is 5.91 Å². The van der Waals surface area contributed by atoms with Crippen molar-refractivity contribution in [3.05, 3.63) is 29.8 Å². The van der Waals surface area contributed by atoms with Gasteiger partial charge in [-0.2, -0.15) is 5.26 Å². The van der Waals surface area contributed by atoms with Crippen molar-refractivity contribution in [2.75, 3.05) is 43.9 Å². The van der Waals surface area contributed by atoms with Crippen LogP contribution in [-0.4, -0.2) is 65.5 Å². The van der Waals surface area contributed by atoms with Crippen molar-refractivity contribution in [1.82, 2.24) is 30.8 Å². The molecule has 3 rings (SSSR count). The molecule has 0 radical (unpaired) electrons. The Morgan fingerprint density at radius 1 is 1.37 bits per heavy atom. The summed E-state index contributed by atoms with van der Waals surface area (Å²) in [6, 6.07) is 3.56. The molecule has 3 heterocycles. The Labute approximate surface area is 155 Å². The van der Waals surface area contributed by atoms with Crippen LogP contribution in [0.25, 0.3) is 0 Å². The van der Waals surface area contributed by atoms with E-state index in [1.807, 2.05) is 6.07 Å². The van der Waals surface area contributed by atoms with Gasteiger partial charge in [0.05, 0.1) is 30.8 Å². The molecule has 11 nitrogen and oxygen atoms in total. The molecule has 2 aromatic rings. The average molecular weight is 369 g/mol. The van der Waals surface area contributed by atoms with E-state index in [0.29, 0.717) is 30.5 Å². The number of nitrogens with one attached hydrogen (secondary N) is 4. The largest absolute Gasteiger partial charge is 0.380 e. The first-order chi connectivity index (χ1) is 13.2. The summed E-state index contributed by atoms with van der Waals surface area (Å²) in [5, 5.41) is 28.7. The second kappa shape index (κ2) is 8.84. The van der Waals surface area contributed by atoms with E-state index in [1.54, 1.807) is 6.07 Å². The lowest BCUT2D eigenvalue weighted by Crippen LogP contribution is -2.42. The Hall–Kier alpha value is -3.36. The molecule has 1 atom stereocenters. The molecular formula is C16H19N9O2. The molecule has 0 saturated carbocycles. The maximum atomic E-state index is 12.1. The molecule has 1 aliphatic rings. The molecule has 140 valence electrons. The van der Waals surface area contributed by atoms with Crippen molar-refractivity contribution in [3.63, 3.8) is 0 Å². The maximum Gasteiger partial charge on any atom is 0.273 e. The maximum absolute atomic E-state index is 12.1. The molecule has 1 amide bonds. The van der Waals surface area contributed by atoms with E-state index in [-0.39, 0.29) is 23.4 Å². The molecule has 1 fully saturated rings. The van der Waals surface area contributed by atoms with Gasteiger partial charge in [-0.1, -0.05) is 0 Å². The molecule has 0 bridgehead atoms. The zero-order chi connectivity index (χ0) is 19.1. The summed E-state index contributed by atoms with van der Waals surface area (Å²) in [4.78, 5) is 20.1. The van der Waals surface area contributed by atoms with E-state index in [9.17, 15) is 4.79 Å². The minimum absolute atomic E-state index is 0.00902.